The molecule has 2 aliphatic rings. The third-order valence-electron chi connectivity index (χ3n) is 4.96. The Morgan fingerprint density at radius 2 is 2.00 bits per heavy atom. The molecule has 1 heterocycles. The van der Waals surface area contributed by atoms with Crippen LogP contribution in [-0.4, -0.2) is 19.6 Å². The Bertz CT molecular complexity index is 423. The number of anilines is 2. The maximum absolute atomic E-state index is 3.67. The van der Waals surface area contributed by atoms with Gasteiger partial charge in [0.1, 0.15) is 0 Å². The van der Waals surface area contributed by atoms with Crippen LogP contribution in [0.2, 0.25) is 0 Å². The summed E-state index contributed by atoms with van der Waals surface area (Å²) in [6.07, 6.45) is 8.35. The van der Waals surface area contributed by atoms with Crippen molar-refractivity contribution < 1.29 is 0 Å². The number of hydrogen-bond acceptors (Lipinski definition) is 2. The molecule has 1 aliphatic carbocycles. The molecule has 1 aromatic rings. The van der Waals surface area contributed by atoms with Crippen molar-refractivity contribution in [3.8, 4) is 0 Å². The van der Waals surface area contributed by atoms with Crippen LogP contribution in [0.25, 0.3) is 0 Å². The van der Waals surface area contributed by atoms with E-state index >= 15 is 0 Å². The van der Waals surface area contributed by atoms with E-state index in [2.05, 4.69) is 41.4 Å². The Morgan fingerprint density at radius 1 is 1.15 bits per heavy atom. The number of benzene rings is 1. The highest BCUT2D eigenvalue weighted by Crippen LogP contribution is 2.29. The zero-order valence-corrected chi connectivity index (χ0v) is 12.8. The minimum absolute atomic E-state index is 0.870. The smallest absolute Gasteiger partial charge is 0.0386 e. The summed E-state index contributed by atoms with van der Waals surface area (Å²) in [6, 6.07) is 8.99. The summed E-state index contributed by atoms with van der Waals surface area (Å²) in [5, 5.41) is 3.67. The summed E-state index contributed by atoms with van der Waals surface area (Å²) in [7, 11) is 0. The highest BCUT2D eigenvalue weighted by molar-refractivity contribution is 5.58. The summed E-state index contributed by atoms with van der Waals surface area (Å²) in [4.78, 5) is 2.51. The molecule has 20 heavy (non-hydrogen) atoms. The van der Waals surface area contributed by atoms with Crippen LogP contribution in [0.1, 0.15) is 45.4 Å². The number of hydrogen-bond donors (Lipinski definition) is 1. The van der Waals surface area contributed by atoms with Crippen molar-refractivity contribution >= 4 is 11.4 Å². The average molecular weight is 272 g/mol. The second-order valence-electron chi connectivity index (χ2n) is 6.76. The SMILES string of the molecule is CC1CCCC(CNc2cccc(N3CCCC3)c2)C1. The summed E-state index contributed by atoms with van der Waals surface area (Å²) in [5.41, 5.74) is 2.69. The molecule has 0 amide bonds. The first-order chi connectivity index (χ1) is 9.81. The predicted molar refractivity (Wildman–Crippen MR) is 87.5 cm³/mol. The molecule has 2 nitrogen and oxygen atoms in total. The van der Waals surface area contributed by atoms with Gasteiger partial charge in [0.25, 0.3) is 0 Å². The molecule has 2 heteroatoms. The van der Waals surface area contributed by atoms with Gasteiger partial charge in [-0.3, -0.25) is 0 Å². The molecule has 2 fully saturated rings. The van der Waals surface area contributed by atoms with Crippen molar-refractivity contribution in [3.63, 3.8) is 0 Å². The van der Waals surface area contributed by atoms with Crippen LogP contribution in [0.3, 0.4) is 0 Å². The Morgan fingerprint density at radius 3 is 2.80 bits per heavy atom. The van der Waals surface area contributed by atoms with Crippen molar-refractivity contribution in [3.05, 3.63) is 24.3 Å². The fourth-order valence-electron chi connectivity index (χ4n) is 3.80. The fraction of sp³-hybridized carbons (Fsp3) is 0.667. The maximum atomic E-state index is 3.67. The van der Waals surface area contributed by atoms with E-state index in [4.69, 9.17) is 0 Å². The topological polar surface area (TPSA) is 15.3 Å². The standard InChI is InChI=1S/C18H28N2/c1-15-6-4-7-16(12-15)14-19-17-8-5-9-18(13-17)20-10-2-3-11-20/h5,8-9,13,15-16,19H,2-4,6-7,10-12,14H2,1H3. The summed E-state index contributed by atoms with van der Waals surface area (Å²) < 4.78 is 0. The highest BCUT2D eigenvalue weighted by atomic mass is 15.1. The van der Waals surface area contributed by atoms with Crippen LogP contribution in [0.4, 0.5) is 11.4 Å². The molecule has 110 valence electrons. The second kappa shape index (κ2) is 6.51. The predicted octanol–water partition coefficient (Wildman–Crippen LogP) is 4.53. The molecule has 2 unspecified atom stereocenters. The van der Waals surface area contributed by atoms with Gasteiger partial charge in [0.05, 0.1) is 0 Å². The molecule has 0 aromatic heterocycles. The molecule has 1 aromatic carbocycles. The van der Waals surface area contributed by atoms with Gasteiger partial charge >= 0.3 is 0 Å². The lowest BCUT2D eigenvalue weighted by molar-refractivity contribution is 0.293. The largest absolute Gasteiger partial charge is 0.385 e. The van der Waals surface area contributed by atoms with Gasteiger partial charge in [0.15, 0.2) is 0 Å². The van der Waals surface area contributed by atoms with E-state index in [1.807, 2.05) is 0 Å². The van der Waals surface area contributed by atoms with Crippen LogP contribution in [0, 0.1) is 11.8 Å². The summed E-state index contributed by atoms with van der Waals surface area (Å²) in [6.45, 7) is 6.00. The van der Waals surface area contributed by atoms with Crippen LogP contribution in [-0.2, 0) is 0 Å². The molecule has 0 bridgehead atoms. The minimum atomic E-state index is 0.870. The Balaban J connectivity index is 1.55. The van der Waals surface area contributed by atoms with E-state index in [9.17, 15) is 0 Å². The lowest BCUT2D eigenvalue weighted by atomic mass is 9.82. The lowest BCUT2D eigenvalue weighted by Gasteiger charge is -2.27. The Labute approximate surface area is 123 Å². The van der Waals surface area contributed by atoms with E-state index < -0.39 is 0 Å². The molecular weight excluding hydrogens is 244 g/mol. The summed E-state index contributed by atoms with van der Waals surface area (Å²) >= 11 is 0. The Hall–Kier alpha value is -1.18. The van der Waals surface area contributed by atoms with Gasteiger partial charge < -0.3 is 10.2 Å². The molecule has 1 saturated carbocycles. The zero-order chi connectivity index (χ0) is 13.8. The third-order valence-corrected chi connectivity index (χ3v) is 4.96. The number of nitrogens with one attached hydrogen (secondary N) is 1. The van der Waals surface area contributed by atoms with Crippen LogP contribution in [0.5, 0.6) is 0 Å². The van der Waals surface area contributed by atoms with E-state index in [1.165, 1.54) is 63.0 Å². The van der Waals surface area contributed by atoms with Crippen molar-refractivity contribution in [2.45, 2.75) is 45.4 Å². The summed E-state index contributed by atoms with van der Waals surface area (Å²) in [5.74, 6) is 1.79. The molecule has 1 aliphatic heterocycles. The van der Waals surface area contributed by atoms with E-state index in [0.29, 0.717) is 0 Å². The van der Waals surface area contributed by atoms with E-state index in [-0.39, 0.29) is 0 Å². The normalized spacial score (nSPS) is 26.8. The molecule has 2 atom stereocenters. The lowest BCUT2D eigenvalue weighted by Crippen LogP contribution is -2.21. The molecule has 0 spiro atoms. The Kier molecular flexibility index (Phi) is 4.49. The second-order valence-corrected chi connectivity index (χ2v) is 6.76. The van der Waals surface area contributed by atoms with Gasteiger partial charge in [-0.25, -0.2) is 0 Å². The quantitative estimate of drug-likeness (QED) is 0.866. The molecule has 0 radical (unpaired) electrons. The van der Waals surface area contributed by atoms with Gasteiger partial charge in [-0.05, 0) is 55.7 Å². The third kappa shape index (κ3) is 3.47. The molecule has 1 saturated heterocycles. The van der Waals surface area contributed by atoms with E-state index in [1.54, 1.807) is 0 Å². The molecular formula is C18H28N2. The highest BCUT2D eigenvalue weighted by Gasteiger charge is 2.18. The van der Waals surface area contributed by atoms with Crippen molar-refractivity contribution in [2.75, 3.05) is 29.9 Å². The first kappa shape index (κ1) is 13.8. The minimum Gasteiger partial charge on any atom is -0.385 e. The van der Waals surface area contributed by atoms with Gasteiger partial charge in [0, 0.05) is 31.0 Å². The van der Waals surface area contributed by atoms with Crippen molar-refractivity contribution in [1.82, 2.24) is 0 Å². The fourth-order valence-corrected chi connectivity index (χ4v) is 3.80. The first-order valence-corrected chi connectivity index (χ1v) is 8.40. The molecule has 1 N–H and O–H groups in total. The monoisotopic (exact) mass is 272 g/mol. The van der Waals surface area contributed by atoms with Crippen molar-refractivity contribution in [1.29, 1.82) is 0 Å². The van der Waals surface area contributed by atoms with Crippen molar-refractivity contribution in [2.24, 2.45) is 11.8 Å². The van der Waals surface area contributed by atoms with Crippen LogP contribution < -0.4 is 10.2 Å². The van der Waals surface area contributed by atoms with Gasteiger partial charge in [0.2, 0.25) is 0 Å². The maximum Gasteiger partial charge on any atom is 0.0386 e. The van der Waals surface area contributed by atoms with Gasteiger partial charge in [-0.1, -0.05) is 25.8 Å². The zero-order valence-electron chi connectivity index (χ0n) is 12.8. The first-order valence-electron chi connectivity index (χ1n) is 8.40. The van der Waals surface area contributed by atoms with Crippen LogP contribution >= 0.6 is 0 Å². The van der Waals surface area contributed by atoms with Gasteiger partial charge in [-0.15, -0.1) is 0 Å². The van der Waals surface area contributed by atoms with E-state index in [0.717, 1.165) is 18.4 Å². The number of nitrogens with zero attached hydrogens (tertiary/aromatic N) is 1. The average Bonchev–Trinajstić information content (AvgIpc) is 3.00. The number of rotatable bonds is 4. The molecule has 3 rings (SSSR count). The van der Waals surface area contributed by atoms with Gasteiger partial charge in [-0.2, -0.15) is 0 Å². The van der Waals surface area contributed by atoms with Crippen LogP contribution in [0.15, 0.2) is 24.3 Å².